The Morgan fingerprint density at radius 2 is 2.05 bits per heavy atom. The lowest BCUT2D eigenvalue weighted by Gasteiger charge is -2.26. The van der Waals surface area contributed by atoms with E-state index < -0.39 is 5.97 Å². The number of nitrogens with one attached hydrogen (secondary N) is 1. The van der Waals surface area contributed by atoms with Gasteiger partial charge in [-0.2, -0.15) is 0 Å². The van der Waals surface area contributed by atoms with Crippen LogP contribution in [0.1, 0.15) is 18.9 Å². The predicted octanol–water partition coefficient (Wildman–Crippen LogP) is 1.19. The molecule has 1 aliphatic rings. The Bertz CT molecular complexity index is 490. The maximum absolute atomic E-state index is 12.7. The molecule has 0 spiro atoms. The van der Waals surface area contributed by atoms with Gasteiger partial charge in [-0.25, -0.2) is 0 Å². The zero-order chi connectivity index (χ0) is 15.2. The minimum Gasteiger partial charge on any atom is -0.468 e. The number of rotatable bonds is 5. The molecule has 0 aromatic heterocycles. The van der Waals surface area contributed by atoms with Crippen molar-refractivity contribution in [1.29, 1.82) is 0 Å². The number of methoxy groups -OCH3 is 1. The Labute approximate surface area is 125 Å². The minimum absolute atomic E-state index is 0.0187. The number of esters is 1. The number of amides is 1. The molecule has 1 N–H and O–H groups in total. The van der Waals surface area contributed by atoms with E-state index in [0.717, 1.165) is 18.5 Å². The molecule has 0 radical (unpaired) electrons. The van der Waals surface area contributed by atoms with Crippen molar-refractivity contribution in [3.63, 3.8) is 0 Å². The SMILES string of the molecule is COC(=O)CN(Cc1ccccc1)C(=O)C1NCCC1C. The quantitative estimate of drug-likeness (QED) is 0.828. The van der Waals surface area contributed by atoms with Crippen LogP contribution in [0.3, 0.4) is 0 Å². The summed E-state index contributed by atoms with van der Waals surface area (Å²) in [6.45, 7) is 3.30. The molecule has 5 nitrogen and oxygen atoms in total. The van der Waals surface area contributed by atoms with Crippen molar-refractivity contribution in [2.75, 3.05) is 20.2 Å². The van der Waals surface area contributed by atoms with Gasteiger partial charge in [0.05, 0.1) is 13.2 Å². The highest BCUT2D eigenvalue weighted by Crippen LogP contribution is 2.18. The van der Waals surface area contributed by atoms with Gasteiger partial charge in [-0.15, -0.1) is 0 Å². The van der Waals surface area contributed by atoms with Crippen LogP contribution in [0.25, 0.3) is 0 Å². The van der Waals surface area contributed by atoms with Crippen molar-refractivity contribution in [1.82, 2.24) is 10.2 Å². The summed E-state index contributed by atoms with van der Waals surface area (Å²) in [4.78, 5) is 25.8. The zero-order valence-electron chi connectivity index (χ0n) is 12.5. The van der Waals surface area contributed by atoms with E-state index in [1.807, 2.05) is 30.3 Å². The van der Waals surface area contributed by atoms with Crippen molar-refractivity contribution in [2.45, 2.75) is 25.9 Å². The monoisotopic (exact) mass is 290 g/mol. The average Bonchev–Trinajstić information content (AvgIpc) is 2.93. The van der Waals surface area contributed by atoms with Crippen molar-refractivity contribution in [3.05, 3.63) is 35.9 Å². The zero-order valence-corrected chi connectivity index (χ0v) is 12.5. The highest BCUT2D eigenvalue weighted by molar-refractivity contribution is 5.86. The summed E-state index contributed by atoms with van der Waals surface area (Å²) in [5.74, 6) is -0.146. The summed E-state index contributed by atoms with van der Waals surface area (Å²) in [5, 5.41) is 3.22. The lowest BCUT2D eigenvalue weighted by molar-refractivity contribution is -0.148. The summed E-state index contributed by atoms with van der Waals surface area (Å²) in [5.41, 5.74) is 1.00. The van der Waals surface area contributed by atoms with Gasteiger partial charge in [0, 0.05) is 6.54 Å². The number of hydrogen-bond acceptors (Lipinski definition) is 4. The molecular weight excluding hydrogens is 268 g/mol. The Morgan fingerprint density at radius 1 is 1.33 bits per heavy atom. The van der Waals surface area contributed by atoms with Crippen LogP contribution in [0.4, 0.5) is 0 Å². The Hall–Kier alpha value is -1.88. The molecule has 1 aliphatic heterocycles. The fourth-order valence-corrected chi connectivity index (χ4v) is 2.60. The standard InChI is InChI=1S/C16H22N2O3/c1-12-8-9-17-15(12)16(20)18(11-14(19)21-2)10-13-6-4-3-5-7-13/h3-7,12,15,17H,8-11H2,1-2H3. The molecule has 21 heavy (non-hydrogen) atoms. The van der Waals surface area contributed by atoms with Crippen LogP contribution >= 0.6 is 0 Å². The molecule has 1 heterocycles. The molecule has 0 aliphatic carbocycles. The fraction of sp³-hybridized carbons (Fsp3) is 0.500. The molecular formula is C16H22N2O3. The van der Waals surface area contributed by atoms with Gasteiger partial charge in [-0.05, 0) is 24.4 Å². The number of hydrogen-bond donors (Lipinski definition) is 1. The van der Waals surface area contributed by atoms with Crippen LogP contribution in [0.2, 0.25) is 0 Å². The lowest BCUT2D eigenvalue weighted by atomic mass is 10.0. The molecule has 1 aromatic carbocycles. The Morgan fingerprint density at radius 3 is 2.62 bits per heavy atom. The maximum Gasteiger partial charge on any atom is 0.325 e. The summed E-state index contributed by atoms with van der Waals surface area (Å²) in [7, 11) is 1.34. The van der Waals surface area contributed by atoms with E-state index in [-0.39, 0.29) is 24.4 Å². The van der Waals surface area contributed by atoms with Gasteiger partial charge in [-0.3, -0.25) is 9.59 Å². The van der Waals surface area contributed by atoms with Crippen molar-refractivity contribution in [3.8, 4) is 0 Å². The first-order valence-electron chi connectivity index (χ1n) is 7.24. The van der Waals surface area contributed by atoms with Gasteiger partial charge in [0.2, 0.25) is 5.91 Å². The normalized spacial score (nSPS) is 21.0. The molecule has 1 saturated heterocycles. The predicted molar refractivity (Wildman–Crippen MR) is 79.4 cm³/mol. The fourth-order valence-electron chi connectivity index (χ4n) is 2.60. The van der Waals surface area contributed by atoms with Crippen molar-refractivity contribution in [2.24, 2.45) is 5.92 Å². The van der Waals surface area contributed by atoms with E-state index in [9.17, 15) is 9.59 Å². The van der Waals surface area contributed by atoms with Gasteiger partial charge < -0.3 is 15.0 Å². The molecule has 1 amide bonds. The second-order valence-corrected chi connectivity index (χ2v) is 5.45. The van der Waals surface area contributed by atoms with Crippen LogP contribution in [0.15, 0.2) is 30.3 Å². The van der Waals surface area contributed by atoms with Crippen molar-refractivity contribution >= 4 is 11.9 Å². The van der Waals surface area contributed by atoms with Crippen LogP contribution < -0.4 is 5.32 Å². The van der Waals surface area contributed by atoms with Crippen LogP contribution in [-0.4, -0.2) is 43.0 Å². The van der Waals surface area contributed by atoms with Gasteiger partial charge in [0.15, 0.2) is 0 Å². The van der Waals surface area contributed by atoms with Crippen LogP contribution in [0, 0.1) is 5.92 Å². The van der Waals surface area contributed by atoms with Gasteiger partial charge >= 0.3 is 5.97 Å². The minimum atomic E-state index is -0.398. The Kier molecular flexibility index (Phi) is 5.33. The summed E-state index contributed by atoms with van der Waals surface area (Å²) in [6, 6.07) is 9.46. The third-order valence-electron chi connectivity index (χ3n) is 3.87. The smallest absolute Gasteiger partial charge is 0.325 e. The topological polar surface area (TPSA) is 58.6 Å². The van der Waals surface area contributed by atoms with E-state index in [1.54, 1.807) is 4.90 Å². The molecule has 2 unspecified atom stereocenters. The van der Waals surface area contributed by atoms with Gasteiger partial charge in [0.25, 0.3) is 0 Å². The average molecular weight is 290 g/mol. The van der Waals surface area contributed by atoms with E-state index in [0.29, 0.717) is 6.54 Å². The highest BCUT2D eigenvalue weighted by atomic mass is 16.5. The molecule has 0 bridgehead atoms. The second kappa shape index (κ2) is 7.22. The summed E-state index contributed by atoms with van der Waals surface area (Å²) >= 11 is 0. The molecule has 2 rings (SSSR count). The highest BCUT2D eigenvalue weighted by Gasteiger charge is 2.33. The Balaban J connectivity index is 2.11. The molecule has 114 valence electrons. The first-order chi connectivity index (χ1) is 10.1. The van der Waals surface area contributed by atoms with E-state index in [4.69, 9.17) is 4.74 Å². The largest absolute Gasteiger partial charge is 0.468 e. The molecule has 2 atom stereocenters. The van der Waals surface area contributed by atoms with Crippen molar-refractivity contribution < 1.29 is 14.3 Å². The molecule has 1 aromatic rings. The van der Waals surface area contributed by atoms with Crippen LogP contribution in [0.5, 0.6) is 0 Å². The lowest BCUT2D eigenvalue weighted by Crippen LogP contribution is -2.47. The summed E-state index contributed by atoms with van der Waals surface area (Å²) in [6.07, 6.45) is 0.980. The number of benzene rings is 1. The molecule has 0 saturated carbocycles. The van der Waals surface area contributed by atoms with Gasteiger partial charge in [0.1, 0.15) is 6.54 Å². The number of nitrogens with zero attached hydrogens (tertiary/aromatic N) is 1. The molecule has 1 fully saturated rings. The van der Waals surface area contributed by atoms with Gasteiger partial charge in [-0.1, -0.05) is 37.3 Å². The number of ether oxygens (including phenoxy) is 1. The van der Waals surface area contributed by atoms with E-state index >= 15 is 0 Å². The first-order valence-corrected chi connectivity index (χ1v) is 7.24. The number of carbonyl (C=O) groups is 2. The van der Waals surface area contributed by atoms with Crippen LogP contribution in [-0.2, 0) is 20.9 Å². The maximum atomic E-state index is 12.7. The van der Waals surface area contributed by atoms with E-state index in [1.165, 1.54) is 7.11 Å². The number of carbonyl (C=O) groups excluding carboxylic acids is 2. The third kappa shape index (κ3) is 4.04. The second-order valence-electron chi connectivity index (χ2n) is 5.45. The third-order valence-corrected chi connectivity index (χ3v) is 3.87. The first kappa shape index (κ1) is 15.5. The molecule has 5 heteroatoms. The summed E-state index contributed by atoms with van der Waals surface area (Å²) < 4.78 is 4.70. The van der Waals surface area contributed by atoms with E-state index in [2.05, 4.69) is 12.2 Å².